The average Bonchev–Trinajstić information content (AvgIpc) is 2.41. The number of nitrogens with one attached hydrogen (secondary N) is 2. The van der Waals surface area contributed by atoms with Gasteiger partial charge in [-0.25, -0.2) is 0 Å². The summed E-state index contributed by atoms with van der Waals surface area (Å²) in [4.78, 5) is 34.3. The van der Waals surface area contributed by atoms with E-state index in [1.807, 2.05) is 0 Å². The van der Waals surface area contributed by atoms with Gasteiger partial charge in [0.1, 0.15) is 11.8 Å². The summed E-state index contributed by atoms with van der Waals surface area (Å²) >= 11 is 6.64. The second-order valence-electron chi connectivity index (χ2n) is 4.43. The number of ether oxygens (including phenoxy) is 1. The summed E-state index contributed by atoms with van der Waals surface area (Å²) in [6, 6.07) is 4.62. The van der Waals surface area contributed by atoms with Crippen molar-refractivity contribution >= 4 is 49.6 Å². The molecule has 0 saturated carbocycles. The van der Waals surface area contributed by atoms with E-state index in [2.05, 4.69) is 42.5 Å². The number of rotatable bonds is 4. The van der Waals surface area contributed by atoms with E-state index in [1.165, 1.54) is 0 Å². The molecule has 0 bridgehead atoms. The smallest absolute Gasteiger partial charge is 0.258 e. The van der Waals surface area contributed by atoms with Crippen LogP contribution in [0.2, 0.25) is 0 Å². The van der Waals surface area contributed by atoms with Gasteiger partial charge < -0.3 is 10.1 Å². The number of amides is 3. The zero-order chi connectivity index (χ0) is 15.4. The molecular weight excluding hydrogens is 408 g/mol. The van der Waals surface area contributed by atoms with Gasteiger partial charge in [0.05, 0.1) is 4.47 Å². The lowest BCUT2D eigenvalue weighted by Gasteiger charge is -2.21. The minimum atomic E-state index is -0.688. The molecule has 1 aromatic rings. The van der Waals surface area contributed by atoms with Crippen molar-refractivity contribution in [3.05, 3.63) is 27.1 Å². The van der Waals surface area contributed by atoms with Gasteiger partial charge in [-0.05, 0) is 40.5 Å². The molecule has 21 heavy (non-hydrogen) atoms. The molecule has 8 heteroatoms. The van der Waals surface area contributed by atoms with Crippen molar-refractivity contribution in [2.24, 2.45) is 0 Å². The van der Waals surface area contributed by atoms with Crippen molar-refractivity contribution in [1.82, 2.24) is 10.6 Å². The molecule has 6 nitrogen and oxygen atoms in total. The Morgan fingerprint density at radius 2 is 2.14 bits per heavy atom. The van der Waals surface area contributed by atoms with Crippen molar-refractivity contribution in [3.63, 3.8) is 0 Å². The van der Waals surface area contributed by atoms with E-state index in [4.69, 9.17) is 4.74 Å². The first-order valence-corrected chi connectivity index (χ1v) is 7.75. The number of hydrogen-bond donors (Lipinski definition) is 2. The minimum Gasteiger partial charge on any atom is -0.483 e. The van der Waals surface area contributed by atoms with Crippen LogP contribution in [0.1, 0.15) is 12.8 Å². The molecule has 3 amide bonds. The van der Waals surface area contributed by atoms with Crippen LogP contribution in [0.3, 0.4) is 0 Å². The van der Waals surface area contributed by atoms with Gasteiger partial charge in [0.2, 0.25) is 11.8 Å². The Morgan fingerprint density at radius 3 is 2.81 bits per heavy atom. The van der Waals surface area contributed by atoms with E-state index >= 15 is 0 Å². The number of halogens is 2. The number of benzene rings is 1. The van der Waals surface area contributed by atoms with Gasteiger partial charge in [0.15, 0.2) is 6.61 Å². The third-order valence-electron chi connectivity index (χ3n) is 2.83. The number of imide groups is 1. The van der Waals surface area contributed by atoms with Crippen LogP contribution in [0, 0.1) is 0 Å². The van der Waals surface area contributed by atoms with Crippen LogP contribution in [0.5, 0.6) is 5.75 Å². The predicted molar refractivity (Wildman–Crippen MR) is 81.7 cm³/mol. The SMILES string of the molecule is O=C1CCC(NC(=O)COc2ccc(Br)cc2Br)C(=O)N1. The van der Waals surface area contributed by atoms with Crippen molar-refractivity contribution < 1.29 is 19.1 Å². The zero-order valence-corrected chi connectivity index (χ0v) is 14.0. The maximum Gasteiger partial charge on any atom is 0.258 e. The average molecular weight is 420 g/mol. The highest BCUT2D eigenvalue weighted by atomic mass is 79.9. The molecule has 1 atom stereocenters. The number of hydrogen-bond acceptors (Lipinski definition) is 4. The molecule has 0 aromatic heterocycles. The van der Waals surface area contributed by atoms with Crippen LogP contribution >= 0.6 is 31.9 Å². The summed E-state index contributed by atoms with van der Waals surface area (Å²) in [7, 11) is 0. The fourth-order valence-corrected chi connectivity index (χ4v) is 2.96. The highest BCUT2D eigenvalue weighted by Crippen LogP contribution is 2.28. The van der Waals surface area contributed by atoms with Crippen molar-refractivity contribution in [1.29, 1.82) is 0 Å². The lowest BCUT2D eigenvalue weighted by molar-refractivity contribution is -0.137. The Hall–Kier alpha value is -1.41. The summed E-state index contributed by atoms with van der Waals surface area (Å²) in [6.45, 7) is -0.210. The van der Waals surface area contributed by atoms with E-state index in [0.717, 1.165) is 4.47 Å². The van der Waals surface area contributed by atoms with Gasteiger partial charge >= 0.3 is 0 Å². The van der Waals surface area contributed by atoms with E-state index in [-0.39, 0.29) is 18.9 Å². The summed E-state index contributed by atoms with van der Waals surface area (Å²) in [6.07, 6.45) is 0.522. The highest BCUT2D eigenvalue weighted by molar-refractivity contribution is 9.11. The monoisotopic (exact) mass is 418 g/mol. The third kappa shape index (κ3) is 4.53. The maximum atomic E-state index is 11.8. The van der Waals surface area contributed by atoms with Crippen molar-refractivity contribution in [2.75, 3.05) is 6.61 Å². The Morgan fingerprint density at radius 1 is 1.38 bits per heavy atom. The van der Waals surface area contributed by atoms with Gasteiger partial charge in [-0.2, -0.15) is 0 Å². The Bertz CT molecular complexity index is 592. The molecule has 0 spiro atoms. The fourth-order valence-electron chi connectivity index (χ4n) is 1.80. The van der Waals surface area contributed by atoms with Crippen LogP contribution in [0.25, 0.3) is 0 Å². The summed E-state index contributed by atoms with van der Waals surface area (Å²) in [5, 5.41) is 4.72. The second kappa shape index (κ2) is 7.04. The topological polar surface area (TPSA) is 84.5 Å². The molecule has 1 unspecified atom stereocenters. The van der Waals surface area contributed by atoms with Crippen LogP contribution in [-0.4, -0.2) is 30.4 Å². The second-order valence-corrected chi connectivity index (χ2v) is 6.20. The molecule has 1 heterocycles. The molecule has 112 valence electrons. The van der Waals surface area contributed by atoms with Crippen molar-refractivity contribution in [2.45, 2.75) is 18.9 Å². The number of carbonyl (C=O) groups is 3. The van der Waals surface area contributed by atoms with Gasteiger partial charge in [-0.3, -0.25) is 19.7 Å². The molecule has 0 aliphatic carbocycles. The molecule has 1 aliphatic rings. The van der Waals surface area contributed by atoms with Gasteiger partial charge in [0, 0.05) is 10.9 Å². The standard InChI is InChI=1S/C13H12Br2N2O4/c14-7-1-3-10(8(15)5-7)21-6-12(19)16-9-2-4-11(18)17-13(9)20/h1,3,5,9H,2,4,6H2,(H,16,19)(H,17,18,20). The molecule has 1 saturated heterocycles. The first kappa shape index (κ1) is 16.0. The fraction of sp³-hybridized carbons (Fsp3) is 0.308. The van der Waals surface area contributed by atoms with E-state index < -0.39 is 17.9 Å². The van der Waals surface area contributed by atoms with Crippen molar-refractivity contribution in [3.8, 4) is 5.75 Å². The summed E-state index contributed by atoms with van der Waals surface area (Å²) < 4.78 is 6.97. The lowest BCUT2D eigenvalue weighted by Crippen LogP contribution is -2.53. The third-order valence-corrected chi connectivity index (χ3v) is 3.94. The summed E-state index contributed by atoms with van der Waals surface area (Å²) in [5.41, 5.74) is 0. The lowest BCUT2D eigenvalue weighted by atomic mass is 10.1. The number of carbonyl (C=O) groups excluding carboxylic acids is 3. The minimum absolute atomic E-state index is 0.210. The van der Waals surface area contributed by atoms with Crippen LogP contribution in [0.15, 0.2) is 27.1 Å². The maximum absolute atomic E-state index is 11.8. The van der Waals surface area contributed by atoms with E-state index in [0.29, 0.717) is 16.6 Å². The molecule has 1 fully saturated rings. The Labute approximate surface area is 137 Å². The quantitative estimate of drug-likeness (QED) is 0.724. The van der Waals surface area contributed by atoms with Gasteiger partial charge in [-0.15, -0.1) is 0 Å². The molecule has 1 aromatic carbocycles. The van der Waals surface area contributed by atoms with E-state index in [9.17, 15) is 14.4 Å². The largest absolute Gasteiger partial charge is 0.483 e. The Kier molecular flexibility index (Phi) is 5.35. The molecular formula is C13H12Br2N2O4. The van der Waals surface area contributed by atoms with E-state index in [1.54, 1.807) is 18.2 Å². The molecule has 2 N–H and O–H groups in total. The van der Waals surface area contributed by atoms with Crippen LogP contribution in [-0.2, 0) is 14.4 Å². The molecule has 2 rings (SSSR count). The first-order valence-electron chi connectivity index (χ1n) is 6.16. The highest BCUT2D eigenvalue weighted by Gasteiger charge is 2.27. The zero-order valence-electron chi connectivity index (χ0n) is 10.8. The first-order chi connectivity index (χ1) is 9.95. The van der Waals surface area contributed by atoms with Crippen LogP contribution < -0.4 is 15.4 Å². The summed E-state index contributed by atoms with van der Waals surface area (Å²) in [5.74, 6) is -0.694. The van der Waals surface area contributed by atoms with Crippen LogP contribution in [0.4, 0.5) is 0 Å². The van der Waals surface area contributed by atoms with Gasteiger partial charge in [-0.1, -0.05) is 15.9 Å². The molecule has 1 aliphatic heterocycles. The molecule has 0 radical (unpaired) electrons. The van der Waals surface area contributed by atoms with Gasteiger partial charge in [0.25, 0.3) is 5.91 Å². The Balaban J connectivity index is 1.85. The number of piperidine rings is 1. The normalized spacial score (nSPS) is 18.1. The predicted octanol–water partition coefficient (Wildman–Crippen LogP) is 1.51.